The van der Waals surface area contributed by atoms with E-state index in [1.54, 1.807) is 0 Å². The van der Waals surface area contributed by atoms with E-state index in [0.717, 1.165) is 4.31 Å². The zero-order chi connectivity index (χ0) is 12.2. The number of aliphatic hydroxyl groups excluding tert-OH is 1. The summed E-state index contributed by atoms with van der Waals surface area (Å²) < 4.78 is 54.9. The fraction of sp³-hybridized carbons (Fsp3) is 1.00. The van der Waals surface area contributed by atoms with E-state index < -0.39 is 29.3 Å². The summed E-state index contributed by atoms with van der Waals surface area (Å²) in [5.41, 5.74) is 0. The van der Waals surface area contributed by atoms with Gasteiger partial charge < -0.3 is 9.84 Å². The summed E-state index contributed by atoms with van der Waals surface area (Å²) in [6.45, 7) is 0.216. The number of aliphatic hydroxyl groups is 1. The highest BCUT2D eigenvalue weighted by Crippen LogP contribution is 2.04. The normalized spacial score (nSPS) is 21.2. The zero-order valence-corrected chi connectivity index (χ0v) is 9.29. The lowest BCUT2D eigenvalue weighted by Gasteiger charge is -2.26. The van der Waals surface area contributed by atoms with Crippen LogP contribution in [0, 0.1) is 0 Å². The van der Waals surface area contributed by atoms with Gasteiger partial charge in [-0.15, -0.1) is 0 Å². The van der Waals surface area contributed by atoms with E-state index in [2.05, 4.69) is 0 Å². The molecule has 1 aliphatic rings. The van der Waals surface area contributed by atoms with Crippen molar-refractivity contribution in [3.05, 3.63) is 0 Å². The van der Waals surface area contributed by atoms with Crippen LogP contribution in [-0.4, -0.2) is 63.2 Å². The smallest absolute Gasteiger partial charge is 0.279 e. The van der Waals surface area contributed by atoms with Crippen molar-refractivity contribution in [1.29, 1.82) is 0 Å². The van der Waals surface area contributed by atoms with E-state index in [9.17, 15) is 17.2 Å². The largest absolute Gasteiger partial charge is 0.386 e. The molecule has 0 radical (unpaired) electrons. The molecule has 6 nitrogen and oxygen atoms in total. The van der Waals surface area contributed by atoms with Crippen LogP contribution in [0.1, 0.15) is 0 Å². The van der Waals surface area contributed by atoms with Crippen LogP contribution in [0.15, 0.2) is 0 Å². The third-order valence-electron chi connectivity index (χ3n) is 2.08. The van der Waals surface area contributed by atoms with E-state index in [1.165, 1.54) is 0 Å². The zero-order valence-electron chi connectivity index (χ0n) is 8.47. The minimum Gasteiger partial charge on any atom is -0.386 e. The Bertz CT molecular complexity index is 306. The highest BCUT2D eigenvalue weighted by Gasteiger charge is 2.26. The van der Waals surface area contributed by atoms with Gasteiger partial charge in [-0.05, 0) is 0 Å². The van der Waals surface area contributed by atoms with Crippen LogP contribution in [0.25, 0.3) is 0 Å². The highest BCUT2D eigenvalue weighted by molar-refractivity contribution is 7.87. The molecule has 0 aliphatic carbocycles. The Morgan fingerprint density at radius 3 is 2.44 bits per heavy atom. The number of nitrogens with one attached hydrogen (secondary N) is 1. The highest BCUT2D eigenvalue weighted by atomic mass is 32.2. The number of ether oxygens (including phenoxy) is 1. The second kappa shape index (κ2) is 5.82. The van der Waals surface area contributed by atoms with Crippen LogP contribution in [0.4, 0.5) is 8.78 Å². The van der Waals surface area contributed by atoms with Gasteiger partial charge in [-0.25, -0.2) is 8.78 Å². The topological polar surface area (TPSA) is 78.9 Å². The minimum absolute atomic E-state index is 0.181. The van der Waals surface area contributed by atoms with Crippen molar-refractivity contribution in [2.45, 2.75) is 12.5 Å². The first-order valence-electron chi connectivity index (χ1n) is 4.72. The first-order chi connectivity index (χ1) is 7.43. The Morgan fingerprint density at radius 2 is 1.94 bits per heavy atom. The van der Waals surface area contributed by atoms with Gasteiger partial charge in [-0.2, -0.15) is 17.4 Å². The number of nitrogens with zero attached hydrogens (tertiary/aromatic N) is 1. The molecule has 1 heterocycles. The average molecular weight is 260 g/mol. The first-order valence-corrected chi connectivity index (χ1v) is 6.16. The molecule has 1 unspecified atom stereocenters. The molecule has 0 saturated carbocycles. The van der Waals surface area contributed by atoms with Gasteiger partial charge in [0.25, 0.3) is 16.6 Å². The Balaban J connectivity index is 2.44. The van der Waals surface area contributed by atoms with Crippen LogP contribution in [0.2, 0.25) is 0 Å². The molecule has 1 rings (SSSR count). The molecular weight excluding hydrogens is 246 g/mol. The van der Waals surface area contributed by atoms with Gasteiger partial charge in [0.1, 0.15) is 6.10 Å². The summed E-state index contributed by atoms with van der Waals surface area (Å²) in [5, 5.41) is 8.77. The lowest BCUT2D eigenvalue weighted by molar-refractivity contribution is -0.000840. The second-order valence-electron chi connectivity index (χ2n) is 3.27. The van der Waals surface area contributed by atoms with Crippen LogP contribution in [0.5, 0.6) is 0 Å². The van der Waals surface area contributed by atoms with Gasteiger partial charge in [0.05, 0.1) is 13.2 Å². The Morgan fingerprint density at radius 1 is 1.38 bits per heavy atom. The lowest BCUT2D eigenvalue weighted by atomic mass is 10.4. The molecule has 0 spiro atoms. The van der Waals surface area contributed by atoms with E-state index in [4.69, 9.17) is 9.84 Å². The molecule has 96 valence electrons. The maximum absolute atomic E-state index is 11.9. The standard InChI is InChI=1S/C7H14F2N2O4S/c8-7(9)6(12)5-10-16(13,14)11-1-3-15-4-2-11/h6-7,10,12H,1-5H2. The number of rotatable bonds is 5. The molecule has 1 fully saturated rings. The monoisotopic (exact) mass is 260 g/mol. The summed E-state index contributed by atoms with van der Waals surface area (Å²) in [6.07, 6.45) is -4.96. The Hall–Kier alpha value is -0.350. The molecule has 0 aromatic heterocycles. The van der Waals surface area contributed by atoms with Gasteiger partial charge in [-0.3, -0.25) is 0 Å². The van der Waals surface area contributed by atoms with Gasteiger partial charge in [-0.1, -0.05) is 0 Å². The van der Waals surface area contributed by atoms with E-state index in [0.29, 0.717) is 0 Å². The fourth-order valence-electron chi connectivity index (χ4n) is 1.16. The molecule has 0 bridgehead atoms. The van der Waals surface area contributed by atoms with Crippen molar-refractivity contribution < 1.29 is 27.0 Å². The van der Waals surface area contributed by atoms with Crippen molar-refractivity contribution in [1.82, 2.24) is 9.03 Å². The number of hydrogen-bond acceptors (Lipinski definition) is 4. The van der Waals surface area contributed by atoms with Crippen molar-refractivity contribution in [2.75, 3.05) is 32.8 Å². The van der Waals surface area contributed by atoms with Crippen molar-refractivity contribution in [3.8, 4) is 0 Å². The van der Waals surface area contributed by atoms with E-state index in [1.807, 2.05) is 4.72 Å². The van der Waals surface area contributed by atoms with Crippen molar-refractivity contribution >= 4 is 10.2 Å². The summed E-state index contributed by atoms with van der Waals surface area (Å²) in [6, 6.07) is 0. The van der Waals surface area contributed by atoms with Crippen LogP contribution in [-0.2, 0) is 14.9 Å². The third kappa shape index (κ3) is 3.91. The molecular formula is C7H14F2N2O4S. The SMILES string of the molecule is O=S(=O)(NCC(O)C(F)F)N1CCOCC1. The number of alkyl halides is 2. The molecule has 1 aliphatic heterocycles. The van der Waals surface area contributed by atoms with Gasteiger partial charge in [0, 0.05) is 19.6 Å². The quantitative estimate of drug-likeness (QED) is 0.649. The van der Waals surface area contributed by atoms with Crippen molar-refractivity contribution in [3.63, 3.8) is 0 Å². The number of halogens is 2. The molecule has 0 amide bonds. The summed E-state index contributed by atoms with van der Waals surface area (Å²) >= 11 is 0. The van der Waals surface area contributed by atoms with Crippen LogP contribution in [0.3, 0.4) is 0 Å². The molecule has 16 heavy (non-hydrogen) atoms. The molecule has 9 heteroatoms. The summed E-state index contributed by atoms with van der Waals surface area (Å²) in [5.74, 6) is 0. The van der Waals surface area contributed by atoms with Crippen LogP contribution < -0.4 is 4.72 Å². The Labute approximate surface area is 92.4 Å². The Kier molecular flexibility index (Phi) is 4.99. The predicted octanol–water partition coefficient (Wildman–Crippen LogP) is -1.22. The second-order valence-corrected chi connectivity index (χ2v) is 5.02. The maximum atomic E-state index is 11.9. The lowest BCUT2D eigenvalue weighted by Crippen LogP contribution is -2.48. The minimum atomic E-state index is -3.80. The molecule has 2 N–H and O–H groups in total. The van der Waals surface area contributed by atoms with Gasteiger partial charge in [0.15, 0.2) is 0 Å². The third-order valence-corrected chi connectivity index (χ3v) is 3.65. The van der Waals surface area contributed by atoms with E-state index in [-0.39, 0.29) is 26.3 Å². The van der Waals surface area contributed by atoms with E-state index >= 15 is 0 Å². The van der Waals surface area contributed by atoms with Gasteiger partial charge in [0.2, 0.25) is 0 Å². The number of hydrogen-bond donors (Lipinski definition) is 2. The molecule has 1 saturated heterocycles. The summed E-state index contributed by atoms with van der Waals surface area (Å²) in [4.78, 5) is 0. The fourth-order valence-corrected chi connectivity index (χ4v) is 2.35. The predicted molar refractivity (Wildman–Crippen MR) is 51.3 cm³/mol. The maximum Gasteiger partial charge on any atom is 0.279 e. The number of morpholine rings is 1. The van der Waals surface area contributed by atoms with Crippen LogP contribution >= 0.6 is 0 Å². The van der Waals surface area contributed by atoms with Gasteiger partial charge >= 0.3 is 0 Å². The molecule has 0 aromatic carbocycles. The first kappa shape index (κ1) is 13.7. The van der Waals surface area contributed by atoms with Crippen molar-refractivity contribution in [2.24, 2.45) is 0 Å². The molecule has 1 atom stereocenters. The summed E-state index contributed by atoms with van der Waals surface area (Å²) in [7, 11) is -3.80. The average Bonchev–Trinajstić information content (AvgIpc) is 2.27. The molecule has 0 aromatic rings.